The summed E-state index contributed by atoms with van der Waals surface area (Å²) in [6, 6.07) is 2.28. The second-order valence-corrected chi connectivity index (χ2v) is 3.51. The van der Waals surface area contributed by atoms with Crippen molar-refractivity contribution in [1.82, 2.24) is 14.8 Å². The van der Waals surface area contributed by atoms with E-state index < -0.39 is 11.6 Å². The van der Waals surface area contributed by atoms with Gasteiger partial charge in [0.1, 0.15) is 6.33 Å². The normalized spacial score (nSPS) is 10.5. The van der Waals surface area contributed by atoms with Crippen molar-refractivity contribution in [2.45, 2.75) is 6.54 Å². The van der Waals surface area contributed by atoms with Gasteiger partial charge in [0.05, 0.1) is 17.9 Å². The van der Waals surface area contributed by atoms with Crippen molar-refractivity contribution in [2.75, 3.05) is 11.1 Å². The van der Waals surface area contributed by atoms with E-state index in [-0.39, 0.29) is 17.9 Å². The van der Waals surface area contributed by atoms with Gasteiger partial charge in [-0.1, -0.05) is 0 Å². The summed E-state index contributed by atoms with van der Waals surface area (Å²) >= 11 is 0. The number of rotatable bonds is 3. The molecule has 5 nitrogen and oxygen atoms in total. The Bertz CT molecular complexity index is 537. The van der Waals surface area contributed by atoms with Crippen LogP contribution in [0.1, 0.15) is 5.82 Å². The molecule has 0 radical (unpaired) electrons. The molecule has 3 N–H and O–H groups in total. The highest BCUT2D eigenvalue weighted by atomic mass is 19.2. The summed E-state index contributed by atoms with van der Waals surface area (Å²) < 4.78 is 27.9. The number of halogens is 2. The summed E-state index contributed by atoms with van der Waals surface area (Å²) in [5, 5.41) is 6.67. The van der Waals surface area contributed by atoms with Gasteiger partial charge >= 0.3 is 0 Å². The van der Waals surface area contributed by atoms with Crippen molar-refractivity contribution >= 4 is 11.4 Å². The fraction of sp³-hybridized carbons (Fsp3) is 0.200. The topological polar surface area (TPSA) is 68.8 Å². The van der Waals surface area contributed by atoms with E-state index in [9.17, 15) is 8.78 Å². The second-order valence-electron chi connectivity index (χ2n) is 3.51. The minimum absolute atomic E-state index is 0.0718. The van der Waals surface area contributed by atoms with Crippen molar-refractivity contribution in [3.05, 3.63) is 35.9 Å². The molecule has 0 amide bonds. The molecule has 17 heavy (non-hydrogen) atoms. The molecule has 2 rings (SSSR count). The summed E-state index contributed by atoms with van der Waals surface area (Å²) in [4.78, 5) is 3.94. The molecule has 1 aromatic heterocycles. The Kier molecular flexibility index (Phi) is 2.90. The van der Waals surface area contributed by atoms with Gasteiger partial charge in [0.25, 0.3) is 0 Å². The van der Waals surface area contributed by atoms with Crippen LogP contribution < -0.4 is 11.1 Å². The fourth-order valence-electron chi connectivity index (χ4n) is 1.38. The Morgan fingerprint density at radius 1 is 1.41 bits per heavy atom. The van der Waals surface area contributed by atoms with Gasteiger partial charge in [-0.15, -0.1) is 0 Å². The maximum absolute atomic E-state index is 13.4. The lowest BCUT2D eigenvalue weighted by molar-refractivity contribution is 0.511. The third kappa shape index (κ3) is 2.32. The number of anilines is 2. The quantitative estimate of drug-likeness (QED) is 0.792. The van der Waals surface area contributed by atoms with E-state index in [4.69, 9.17) is 5.73 Å². The standard InChI is InChI=1S/C10H11F2N5/c1-17-5-15-8(16-17)4-14-10-7(13)3-2-6(11)9(10)12/h2-3,5,14H,4,13H2,1H3. The zero-order valence-electron chi connectivity index (χ0n) is 9.11. The first kappa shape index (κ1) is 11.3. The number of hydrogen-bond acceptors (Lipinski definition) is 4. The third-order valence-corrected chi connectivity index (χ3v) is 2.20. The van der Waals surface area contributed by atoms with Crippen molar-refractivity contribution in [3.63, 3.8) is 0 Å². The van der Waals surface area contributed by atoms with Crippen molar-refractivity contribution in [2.24, 2.45) is 7.05 Å². The van der Waals surface area contributed by atoms with Crippen molar-refractivity contribution in [3.8, 4) is 0 Å². The van der Waals surface area contributed by atoms with Gasteiger partial charge in [0.2, 0.25) is 0 Å². The highest BCUT2D eigenvalue weighted by Crippen LogP contribution is 2.24. The zero-order chi connectivity index (χ0) is 12.4. The first-order valence-corrected chi connectivity index (χ1v) is 4.90. The number of benzene rings is 1. The monoisotopic (exact) mass is 239 g/mol. The van der Waals surface area contributed by atoms with Crippen LogP contribution in [-0.4, -0.2) is 14.8 Å². The third-order valence-electron chi connectivity index (χ3n) is 2.20. The Hall–Kier alpha value is -2.18. The highest BCUT2D eigenvalue weighted by Gasteiger charge is 2.12. The Balaban J connectivity index is 2.16. The first-order chi connectivity index (χ1) is 8.08. The molecule has 0 fully saturated rings. The van der Waals surface area contributed by atoms with E-state index >= 15 is 0 Å². The number of nitrogen functional groups attached to an aromatic ring is 1. The van der Waals surface area contributed by atoms with Gasteiger partial charge in [-0.05, 0) is 12.1 Å². The molecule has 1 aromatic carbocycles. The molecule has 90 valence electrons. The number of nitrogens with two attached hydrogens (primary N) is 1. The number of hydrogen-bond donors (Lipinski definition) is 2. The molecule has 0 aliphatic heterocycles. The van der Waals surface area contributed by atoms with Crippen LogP contribution >= 0.6 is 0 Å². The molecular weight excluding hydrogens is 228 g/mol. The molecule has 0 aliphatic rings. The molecular formula is C10H11F2N5. The number of nitrogens with zero attached hydrogens (tertiary/aromatic N) is 3. The average Bonchev–Trinajstić information content (AvgIpc) is 2.70. The van der Waals surface area contributed by atoms with Gasteiger partial charge in [-0.3, -0.25) is 4.68 Å². The minimum Gasteiger partial charge on any atom is -0.397 e. The van der Waals surface area contributed by atoms with E-state index in [1.54, 1.807) is 7.05 Å². The van der Waals surface area contributed by atoms with E-state index in [2.05, 4.69) is 15.4 Å². The van der Waals surface area contributed by atoms with Crippen LogP contribution in [0.3, 0.4) is 0 Å². The largest absolute Gasteiger partial charge is 0.397 e. The predicted octanol–water partition coefficient (Wildman–Crippen LogP) is 1.29. The molecule has 0 saturated heterocycles. The summed E-state index contributed by atoms with van der Waals surface area (Å²) in [5.74, 6) is -1.48. The lowest BCUT2D eigenvalue weighted by Gasteiger charge is -2.09. The molecule has 0 aliphatic carbocycles. The van der Waals surface area contributed by atoms with Gasteiger partial charge in [0.15, 0.2) is 17.5 Å². The average molecular weight is 239 g/mol. The maximum atomic E-state index is 13.4. The Morgan fingerprint density at radius 2 is 2.18 bits per heavy atom. The number of aryl methyl sites for hydroxylation is 1. The van der Waals surface area contributed by atoms with Gasteiger partial charge < -0.3 is 11.1 Å². The summed E-state index contributed by atoms with van der Waals surface area (Å²) in [7, 11) is 1.72. The van der Waals surface area contributed by atoms with E-state index in [0.29, 0.717) is 5.82 Å². The molecule has 1 heterocycles. The van der Waals surface area contributed by atoms with E-state index in [1.807, 2.05) is 0 Å². The SMILES string of the molecule is Cn1cnc(CNc2c(N)ccc(F)c2F)n1. The lowest BCUT2D eigenvalue weighted by atomic mass is 10.2. The number of aromatic nitrogens is 3. The van der Waals surface area contributed by atoms with E-state index in [0.717, 1.165) is 6.07 Å². The lowest BCUT2D eigenvalue weighted by Crippen LogP contribution is -2.07. The molecule has 0 bridgehead atoms. The highest BCUT2D eigenvalue weighted by molar-refractivity contribution is 5.66. The van der Waals surface area contributed by atoms with Crippen LogP contribution in [-0.2, 0) is 13.6 Å². The first-order valence-electron chi connectivity index (χ1n) is 4.90. The summed E-state index contributed by atoms with van der Waals surface area (Å²) in [6.07, 6.45) is 1.52. The van der Waals surface area contributed by atoms with Crippen LogP contribution in [0.25, 0.3) is 0 Å². The summed E-state index contributed by atoms with van der Waals surface area (Å²) in [5.41, 5.74) is 5.61. The fourth-order valence-corrected chi connectivity index (χ4v) is 1.38. The van der Waals surface area contributed by atoms with Crippen LogP contribution in [0.15, 0.2) is 18.5 Å². The van der Waals surface area contributed by atoms with Crippen LogP contribution in [0.5, 0.6) is 0 Å². The molecule has 7 heteroatoms. The molecule has 0 spiro atoms. The van der Waals surface area contributed by atoms with Crippen molar-refractivity contribution < 1.29 is 8.78 Å². The summed E-state index contributed by atoms with van der Waals surface area (Å²) in [6.45, 7) is 0.172. The zero-order valence-corrected chi connectivity index (χ0v) is 9.11. The number of nitrogens with one attached hydrogen (secondary N) is 1. The maximum Gasteiger partial charge on any atom is 0.183 e. The van der Waals surface area contributed by atoms with Gasteiger partial charge in [-0.25, -0.2) is 13.8 Å². The van der Waals surface area contributed by atoms with Crippen LogP contribution in [0.4, 0.5) is 20.2 Å². The Morgan fingerprint density at radius 3 is 2.82 bits per heavy atom. The molecule has 2 aromatic rings. The molecule has 0 unspecified atom stereocenters. The van der Waals surface area contributed by atoms with Crippen molar-refractivity contribution in [1.29, 1.82) is 0 Å². The van der Waals surface area contributed by atoms with Crippen LogP contribution in [0.2, 0.25) is 0 Å². The molecule has 0 saturated carbocycles. The smallest absolute Gasteiger partial charge is 0.183 e. The predicted molar refractivity (Wildman–Crippen MR) is 59.1 cm³/mol. The van der Waals surface area contributed by atoms with Gasteiger partial charge in [0, 0.05) is 7.05 Å². The minimum atomic E-state index is -0.999. The van der Waals surface area contributed by atoms with Crippen LogP contribution in [0, 0.1) is 11.6 Å². The van der Waals surface area contributed by atoms with E-state index in [1.165, 1.54) is 17.1 Å². The second kappa shape index (κ2) is 4.36. The Labute approximate surface area is 96.3 Å². The molecule has 0 atom stereocenters. The van der Waals surface area contributed by atoms with Gasteiger partial charge in [-0.2, -0.15) is 5.10 Å².